The molecular weight excluding hydrogens is 258 g/mol. The highest BCUT2D eigenvalue weighted by Gasteiger charge is 2.19. The lowest BCUT2D eigenvalue weighted by molar-refractivity contribution is 0.122. The third-order valence-corrected chi connectivity index (χ3v) is 3.05. The second kappa shape index (κ2) is 8.66. The van der Waals surface area contributed by atoms with Gasteiger partial charge in [-0.3, -0.25) is 0 Å². The molecule has 5 nitrogen and oxygen atoms in total. The average Bonchev–Trinajstić information content (AvgIpc) is 2.50. The Labute approximate surface area is 121 Å². The molecule has 0 radical (unpaired) electrons. The number of methoxy groups -OCH3 is 3. The Bertz CT molecular complexity index is 409. The largest absolute Gasteiger partial charge is 0.496 e. The van der Waals surface area contributed by atoms with Crippen molar-refractivity contribution < 1.29 is 18.9 Å². The second-order valence-electron chi connectivity index (χ2n) is 4.22. The second-order valence-corrected chi connectivity index (χ2v) is 4.22. The van der Waals surface area contributed by atoms with Gasteiger partial charge in [0, 0.05) is 18.2 Å². The molecule has 0 saturated carbocycles. The van der Waals surface area contributed by atoms with Crippen molar-refractivity contribution in [2.24, 2.45) is 0 Å². The molecule has 0 aliphatic carbocycles. The van der Waals surface area contributed by atoms with Crippen LogP contribution in [0.3, 0.4) is 0 Å². The van der Waals surface area contributed by atoms with E-state index in [0.29, 0.717) is 24.7 Å². The summed E-state index contributed by atoms with van der Waals surface area (Å²) >= 11 is 0. The molecule has 0 aromatic heterocycles. The molecule has 0 amide bonds. The molecule has 114 valence electrons. The van der Waals surface area contributed by atoms with Crippen molar-refractivity contribution in [3.05, 3.63) is 17.7 Å². The maximum atomic E-state index is 5.54. The van der Waals surface area contributed by atoms with Gasteiger partial charge in [-0.1, -0.05) is 6.92 Å². The molecule has 20 heavy (non-hydrogen) atoms. The van der Waals surface area contributed by atoms with Gasteiger partial charge < -0.3 is 24.3 Å². The van der Waals surface area contributed by atoms with E-state index in [2.05, 4.69) is 12.2 Å². The lowest BCUT2D eigenvalue weighted by Gasteiger charge is -2.22. The molecule has 1 aromatic rings. The van der Waals surface area contributed by atoms with E-state index in [1.807, 2.05) is 19.1 Å². The van der Waals surface area contributed by atoms with E-state index in [1.54, 1.807) is 21.3 Å². The number of hydrogen-bond donors (Lipinski definition) is 1. The smallest absolute Gasteiger partial charge is 0.164 e. The van der Waals surface area contributed by atoms with Crippen LogP contribution >= 0.6 is 0 Å². The Morgan fingerprint density at radius 2 is 1.55 bits per heavy atom. The number of benzene rings is 1. The van der Waals surface area contributed by atoms with Crippen LogP contribution < -0.4 is 19.5 Å². The summed E-state index contributed by atoms with van der Waals surface area (Å²) in [5, 5.41) is 3.40. The molecular formula is C15H25NO4. The third kappa shape index (κ3) is 4.02. The molecule has 1 rings (SSSR count). The van der Waals surface area contributed by atoms with Gasteiger partial charge in [-0.05, 0) is 19.5 Å². The number of ether oxygens (including phenoxy) is 4. The fourth-order valence-corrected chi connectivity index (χ4v) is 2.07. The third-order valence-electron chi connectivity index (χ3n) is 3.05. The van der Waals surface area contributed by atoms with Crippen LogP contribution in [0.4, 0.5) is 0 Å². The lowest BCUT2D eigenvalue weighted by Crippen LogP contribution is -2.26. The zero-order chi connectivity index (χ0) is 15.0. The van der Waals surface area contributed by atoms with Crippen LogP contribution in [0.5, 0.6) is 17.2 Å². The zero-order valence-corrected chi connectivity index (χ0v) is 13.0. The van der Waals surface area contributed by atoms with Crippen LogP contribution in [-0.4, -0.2) is 41.1 Å². The van der Waals surface area contributed by atoms with Crippen LogP contribution in [-0.2, 0) is 4.74 Å². The summed E-state index contributed by atoms with van der Waals surface area (Å²) < 4.78 is 21.7. The summed E-state index contributed by atoms with van der Waals surface area (Å²) in [7, 11) is 4.88. The molecule has 1 N–H and O–H groups in total. The monoisotopic (exact) mass is 283 g/mol. The first-order valence-electron chi connectivity index (χ1n) is 6.82. The summed E-state index contributed by atoms with van der Waals surface area (Å²) in [6.45, 7) is 6.14. The summed E-state index contributed by atoms with van der Waals surface area (Å²) in [5.74, 6) is 2.09. The zero-order valence-electron chi connectivity index (χ0n) is 13.0. The average molecular weight is 283 g/mol. The van der Waals surface area contributed by atoms with E-state index < -0.39 is 0 Å². The van der Waals surface area contributed by atoms with Crippen LogP contribution in [0, 0.1) is 0 Å². The van der Waals surface area contributed by atoms with Gasteiger partial charge in [0.25, 0.3) is 0 Å². The minimum Gasteiger partial charge on any atom is -0.496 e. The quantitative estimate of drug-likeness (QED) is 0.754. The Kier molecular flexibility index (Phi) is 7.18. The molecule has 0 aliphatic heterocycles. The first-order valence-corrected chi connectivity index (χ1v) is 6.82. The standard InChI is InChI=1S/C15H25NO4/c1-6-16-12(10-20-7-2)11-8-14(18-4)15(19-5)9-13(11)17-3/h8-9,12,16H,6-7,10H2,1-5H3. The highest BCUT2D eigenvalue weighted by molar-refractivity contribution is 5.51. The van der Waals surface area contributed by atoms with Crippen molar-refractivity contribution >= 4 is 0 Å². The maximum Gasteiger partial charge on any atom is 0.164 e. The predicted molar refractivity (Wildman–Crippen MR) is 79.0 cm³/mol. The molecule has 1 aromatic carbocycles. The van der Waals surface area contributed by atoms with Gasteiger partial charge in [0.2, 0.25) is 0 Å². The van der Waals surface area contributed by atoms with Crippen molar-refractivity contribution in [2.45, 2.75) is 19.9 Å². The summed E-state index contributed by atoms with van der Waals surface area (Å²) in [5.41, 5.74) is 1.00. The lowest BCUT2D eigenvalue weighted by atomic mass is 10.0. The number of hydrogen-bond acceptors (Lipinski definition) is 5. The van der Waals surface area contributed by atoms with Crippen molar-refractivity contribution in [3.63, 3.8) is 0 Å². The van der Waals surface area contributed by atoms with Crippen LogP contribution in [0.2, 0.25) is 0 Å². The van der Waals surface area contributed by atoms with Gasteiger partial charge in [0.15, 0.2) is 11.5 Å². The van der Waals surface area contributed by atoms with E-state index in [0.717, 1.165) is 17.9 Å². The van der Waals surface area contributed by atoms with E-state index in [4.69, 9.17) is 18.9 Å². The van der Waals surface area contributed by atoms with Crippen molar-refractivity contribution in [3.8, 4) is 17.2 Å². The Hall–Kier alpha value is -1.46. The number of rotatable bonds is 9. The SMILES string of the molecule is CCNC(COCC)c1cc(OC)c(OC)cc1OC. The number of nitrogens with one attached hydrogen (secondary N) is 1. The van der Waals surface area contributed by atoms with Crippen LogP contribution in [0.15, 0.2) is 12.1 Å². The molecule has 1 atom stereocenters. The van der Waals surface area contributed by atoms with Crippen molar-refractivity contribution in [1.29, 1.82) is 0 Å². The van der Waals surface area contributed by atoms with Gasteiger partial charge in [-0.15, -0.1) is 0 Å². The number of likely N-dealkylation sites (N-methyl/N-ethyl adjacent to an activating group) is 1. The van der Waals surface area contributed by atoms with Gasteiger partial charge in [0.05, 0.1) is 34.0 Å². The normalized spacial score (nSPS) is 12.1. The Morgan fingerprint density at radius 1 is 0.950 bits per heavy atom. The topological polar surface area (TPSA) is 49.0 Å². The van der Waals surface area contributed by atoms with Gasteiger partial charge in [-0.25, -0.2) is 0 Å². The first-order chi connectivity index (χ1) is 9.71. The molecule has 0 fully saturated rings. The maximum absolute atomic E-state index is 5.54. The van der Waals surface area contributed by atoms with E-state index in [9.17, 15) is 0 Å². The minimum absolute atomic E-state index is 0.0507. The fourth-order valence-electron chi connectivity index (χ4n) is 2.07. The summed E-state index contributed by atoms with van der Waals surface area (Å²) in [6.07, 6.45) is 0. The highest BCUT2D eigenvalue weighted by atomic mass is 16.5. The fraction of sp³-hybridized carbons (Fsp3) is 0.600. The minimum atomic E-state index is 0.0507. The summed E-state index contributed by atoms with van der Waals surface area (Å²) in [4.78, 5) is 0. The predicted octanol–water partition coefficient (Wildman–Crippen LogP) is 2.40. The molecule has 0 spiro atoms. The van der Waals surface area contributed by atoms with E-state index in [-0.39, 0.29) is 6.04 Å². The van der Waals surface area contributed by atoms with Gasteiger partial charge in [0.1, 0.15) is 5.75 Å². The molecule has 0 aliphatic rings. The Balaban J connectivity index is 3.16. The molecule has 0 saturated heterocycles. The Morgan fingerprint density at radius 3 is 2.05 bits per heavy atom. The van der Waals surface area contributed by atoms with Gasteiger partial charge >= 0.3 is 0 Å². The first kappa shape index (κ1) is 16.6. The molecule has 0 heterocycles. The van der Waals surface area contributed by atoms with E-state index >= 15 is 0 Å². The van der Waals surface area contributed by atoms with Crippen LogP contribution in [0.25, 0.3) is 0 Å². The van der Waals surface area contributed by atoms with E-state index in [1.165, 1.54) is 0 Å². The highest BCUT2D eigenvalue weighted by Crippen LogP contribution is 2.37. The summed E-state index contributed by atoms with van der Waals surface area (Å²) in [6, 6.07) is 3.82. The van der Waals surface area contributed by atoms with Gasteiger partial charge in [-0.2, -0.15) is 0 Å². The van der Waals surface area contributed by atoms with Crippen LogP contribution in [0.1, 0.15) is 25.5 Å². The molecule has 1 unspecified atom stereocenters. The van der Waals surface area contributed by atoms with Crippen molar-refractivity contribution in [1.82, 2.24) is 5.32 Å². The van der Waals surface area contributed by atoms with Crippen molar-refractivity contribution in [2.75, 3.05) is 41.1 Å². The molecule has 0 bridgehead atoms. The molecule has 5 heteroatoms.